The van der Waals surface area contributed by atoms with E-state index in [9.17, 15) is 4.79 Å². The molecule has 0 bridgehead atoms. The first kappa shape index (κ1) is 9.68. The van der Waals surface area contributed by atoms with E-state index in [1.807, 2.05) is 23.6 Å². The van der Waals surface area contributed by atoms with Gasteiger partial charge in [0.15, 0.2) is 5.78 Å². The normalized spacial score (nSPS) is 25.5. The van der Waals surface area contributed by atoms with Gasteiger partial charge in [-0.3, -0.25) is 4.79 Å². The van der Waals surface area contributed by atoms with Gasteiger partial charge >= 0.3 is 0 Å². The van der Waals surface area contributed by atoms with Gasteiger partial charge in [-0.05, 0) is 22.1 Å². The van der Waals surface area contributed by atoms with Gasteiger partial charge in [-0.15, -0.1) is 11.8 Å². The molecule has 84 valence electrons. The van der Waals surface area contributed by atoms with Gasteiger partial charge in [-0.25, -0.2) is 0 Å². The van der Waals surface area contributed by atoms with Crippen LogP contribution in [0.1, 0.15) is 15.9 Å². The van der Waals surface area contributed by atoms with Crippen LogP contribution in [0.3, 0.4) is 0 Å². The summed E-state index contributed by atoms with van der Waals surface area (Å²) in [5.74, 6) is 0.205. The van der Waals surface area contributed by atoms with E-state index < -0.39 is 0 Å². The lowest BCUT2D eigenvalue weighted by Gasteiger charge is -2.29. The molecule has 2 nitrogen and oxygen atoms in total. The van der Waals surface area contributed by atoms with E-state index in [2.05, 4.69) is 11.4 Å². The molecule has 0 spiro atoms. The van der Waals surface area contributed by atoms with E-state index in [-0.39, 0.29) is 5.78 Å². The van der Waals surface area contributed by atoms with Crippen molar-refractivity contribution in [3.63, 3.8) is 0 Å². The standard InChI is InChI=1S/C14H11NOS/c16-14-9-4-2-1-3-8(9)10-5-15-6-12-13(10)11(14)7-17-12/h1-4,7,12,15H,5-6H2. The number of hydrogen-bond acceptors (Lipinski definition) is 3. The molecule has 3 heteroatoms. The molecule has 2 aliphatic heterocycles. The third-order valence-electron chi connectivity index (χ3n) is 3.66. The summed E-state index contributed by atoms with van der Waals surface area (Å²) in [5.41, 5.74) is 5.55. The Kier molecular flexibility index (Phi) is 1.90. The van der Waals surface area contributed by atoms with Crippen LogP contribution in [0.15, 0.2) is 40.8 Å². The summed E-state index contributed by atoms with van der Waals surface area (Å²) in [6.07, 6.45) is 0. The highest BCUT2D eigenvalue weighted by molar-refractivity contribution is 8.03. The minimum Gasteiger partial charge on any atom is -0.311 e. The van der Waals surface area contributed by atoms with E-state index in [1.54, 1.807) is 11.8 Å². The monoisotopic (exact) mass is 241 g/mol. The van der Waals surface area contributed by atoms with Crippen LogP contribution < -0.4 is 5.32 Å². The van der Waals surface area contributed by atoms with Crippen LogP contribution in [0.5, 0.6) is 0 Å². The molecule has 1 aromatic carbocycles. The maximum absolute atomic E-state index is 12.4. The first-order valence-corrected chi connectivity index (χ1v) is 6.74. The zero-order valence-corrected chi connectivity index (χ0v) is 10.0. The van der Waals surface area contributed by atoms with Crippen LogP contribution in [0.2, 0.25) is 0 Å². The van der Waals surface area contributed by atoms with Gasteiger partial charge in [0.1, 0.15) is 0 Å². The van der Waals surface area contributed by atoms with Gasteiger partial charge in [-0.2, -0.15) is 0 Å². The predicted octanol–water partition coefficient (Wildman–Crippen LogP) is 2.24. The third-order valence-corrected chi connectivity index (χ3v) is 4.76. The molecule has 17 heavy (non-hydrogen) atoms. The second kappa shape index (κ2) is 3.34. The Balaban J connectivity index is 2.06. The molecule has 0 radical (unpaired) electrons. The Morgan fingerprint density at radius 1 is 1.24 bits per heavy atom. The number of thioether (sulfide) groups is 1. The molecule has 0 saturated heterocycles. The minimum absolute atomic E-state index is 0.205. The third kappa shape index (κ3) is 1.18. The number of nitrogens with one attached hydrogen (secondary N) is 1. The minimum atomic E-state index is 0.205. The van der Waals surface area contributed by atoms with Crippen molar-refractivity contribution in [2.75, 3.05) is 13.1 Å². The lowest BCUT2D eigenvalue weighted by atomic mass is 9.79. The highest BCUT2D eigenvalue weighted by atomic mass is 32.2. The SMILES string of the molecule is O=C1C2=CSC3CNCC(=C23)c2ccccc21. The molecule has 1 aliphatic carbocycles. The van der Waals surface area contributed by atoms with Gasteiger partial charge in [-0.1, -0.05) is 24.3 Å². The number of carbonyl (C=O) groups is 1. The van der Waals surface area contributed by atoms with Crippen LogP contribution in [0.25, 0.3) is 5.57 Å². The first-order chi connectivity index (χ1) is 8.36. The molecule has 2 heterocycles. The summed E-state index contributed by atoms with van der Waals surface area (Å²) in [5, 5.41) is 5.93. The molecule has 4 rings (SSSR count). The average molecular weight is 241 g/mol. The number of fused-ring (bicyclic) bond motifs is 2. The summed E-state index contributed by atoms with van der Waals surface area (Å²) in [4.78, 5) is 12.4. The topological polar surface area (TPSA) is 29.1 Å². The van der Waals surface area contributed by atoms with Crippen LogP contribution in [-0.4, -0.2) is 24.1 Å². The van der Waals surface area contributed by atoms with Crippen LogP contribution in [0.4, 0.5) is 0 Å². The van der Waals surface area contributed by atoms with Crippen molar-refractivity contribution in [2.24, 2.45) is 0 Å². The van der Waals surface area contributed by atoms with Gasteiger partial charge in [0.2, 0.25) is 0 Å². The Bertz CT molecular complexity index is 600. The van der Waals surface area contributed by atoms with Crippen molar-refractivity contribution in [3.05, 3.63) is 51.9 Å². The lowest BCUT2D eigenvalue weighted by Crippen LogP contribution is -2.35. The maximum Gasteiger partial charge on any atom is 0.194 e. The number of allylic oxidation sites excluding steroid dienone is 1. The summed E-state index contributed by atoms with van der Waals surface area (Å²) in [7, 11) is 0. The fourth-order valence-electron chi connectivity index (χ4n) is 2.89. The molecule has 1 aromatic rings. The van der Waals surface area contributed by atoms with Crippen molar-refractivity contribution in [1.29, 1.82) is 0 Å². The van der Waals surface area contributed by atoms with E-state index in [1.165, 1.54) is 11.1 Å². The number of carbonyl (C=O) groups excluding carboxylic acids is 1. The maximum atomic E-state index is 12.4. The summed E-state index contributed by atoms with van der Waals surface area (Å²) >= 11 is 1.77. The molecule has 0 amide bonds. The second-order valence-corrected chi connectivity index (χ2v) is 5.63. The fraction of sp³-hybridized carbons (Fsp3) is 0.214. The highest BCUT2D eigenvalue weighted by Crippen LogP contribution is 2.46. The van der Waals surface area contributed by atoms with Crippen molar-refractivity contribution >= 4 is 23.1 Å². The van der Waals surface area contributed by atoms with Crippen molar-refractivity contribution < 1.29 is 4.79 Å². The van der Waals surface area contributed by atoms with Crippen molar-refractivity contribution in [3.8, 4) is 0 Å². The second-order valence-electron chi connectivity index (χ2n) is 4.55. The number of benzene rings is 1. The van der Waals surface area contributed by atoms with E-state index in [0.29, 0.717) is 5.25 Å². The van der Waals surface area contributed by atoms with E-state index in [4.69, 9.17) is 0 Å². The predicted molar refractivity (Wildman–Crippen MR) is 70.0 cm³/mol. The number of ketones is 1. The Hall–Kier alpha value is -1.32. The van der Waals surface area contributed by atoms with Gasteiger partial charge in [0, 0.05) is 29.5 Å². The van der Waals surface area contributed by atoms with Crippen molar-refractivity contribution in [2.45, 2.75) is 5.25 Å². The Morgan fingerprint density at radius 2 is 2.06 bits per heavy atom. The molecule has 1 atom stereocenters. The molecular formula is C14H11NOS. The largest absolute Gasteiger partial charge is 0.311 e. The summed E-state index contributed by atoms with van der Waals surface area (Å²) in [6, 6.07) is 7.97. The zero-order valence-electron chi connectivity index (χ0n) is 9.19. The lowest BCUT2D eigenvalue weighted by molar-refractivity contribution is 0.103. The zero-order chi connectivity index (χ0) is 11.4. The molecular weight excluding hydrogens is 230 g/mol. The molecule has 0 aromatic heterocycles. The van der Waals surface area contributed by atoms with Gasteiger partial charge in [0.25, 0.3) is 0 Å². The Labute approximate surface area is 104 Å². The summed E-state index contributed by atoms with van der Waals surface area (Å²) in [6.45, 7) is 1.85. The quantitative estimate of drug-likeness (QED) is 0.755. The van der Waals surface area contributed by atoms with Crippen molar-refractivity contribution in [1.82, 2.24) is 5.32 Å². The smallest absolute Gasteiger partial charge is 0.194 e. The average Bonchev–Trinajstić information content (AvgIpc) is 2.81. The molecule has 0 fully saturated rings. The van der Waals surface area contributed by atoms with Gasteiger partial charge in [0.05, 0.1) is 0 Å². The van der Waals surface area contributed by atoms with Gasteiger partial charge < -0.3 is 5.32 Å². The van der Waals surface area contributed by atoms with E-state index in [0.717, 1.165) is 29.8 Å². The van der Waals surface area contributed by atoms with Crippen LogP contribution in [0, 0.1) is 0 Å². The highest BCUT2D eigenvalue weighted by Gasteiger charge is 2.38. The first-order valence-electron chi connectivity index (χ1n) is 5.80. The molecule has 3 aliphatic rings. The van der Waals surface area contributed by atoms with E-state index >= 15 is 0 Å². The molecule has 1 unspecified atom stereocenters. The fourth-order valence-corrected chi connectivity index (χ4v) is 4.04. The number of hydrogen-bond donors (Lipinski definition) is 1. The molecule has 0 saturated carbocycles. The molecule has 1 N–H and O–H groups in total. The number of rotatable bonds is 0. The Morgan fingerprint density at radius 3 is 2.94 bits per heavy atom. The van der Waals surface area contributed by atoms with Crippen LogP contribution >= 0.6 is 11.8 Å². The summed E-state index contributed by atoms with van der Waals surface area (Å²) < 4.78 is 0. The number of Topliss-reactive ketones (excluding diaryl/α,β-unsaturated/α-hetero) is 1. The van der Waals surface area contributed by atoms with Crippen LogP contribution in [-0.2, 0) is 0 Å².